The number of benzene rings is 10. The molecule has 0 fully saturated rings. The van der Waals surface area contributed by atoms with Crippen molar-refractivity contribution in [1.82, 2.24) is 0 Å². The van der Waals surface area contributed by atoms with Crippen LogP contribution in [-0.2, 0) is 0 Å². The maximum Gasteiger partial charge on any atom is 0.143 e. The average molecular weight is 740 g/mol. The van der Waals surface area contributed by atoms with Crippen LogP contribution in [0.15, 0.2) is 229 Å². The summed E-state index contributed by atoms with van der Waals surface area (Å²) in [7, 11) is 0. The Morgan fingerprint density at radius 1 is 0.310 bits per heavy atom. The van der Waals surface area contributed by atoms with Crippen molar-refractivity contribution in [2.45, 2.75) is 0 Å². The standard InChI is InChI=1S/C56H37NO/c1-3-15-38(16-4-1)41-29-31-42(32-30-41)47-23-11-12-27-52(47)57(46-34-33-40-19-7-8-20-44(40)36-46)53-37-51-55-48(45-22-13-21-43(35-45)39-17-5-2-6-18-39)26-14-28-54(55)58-56(51)50-25-10-9-24-49(50)53/h1-37H. The average Bonchev–Trinajstić information content (AvgIpc) is 3.69. The van der Waals surface area contributed by atoms with Crippen LogP contribution < -0.4 is 4.90 Å². The molecule has 0 bridgehead atoms. The molecule has 10 aromatic carbocycles. The van der Waals surface area contributed by atoms with Crippen molar-refractivity contribution >= 4 is 60.5 Å². The van der Waals surface area contributed by atoms with Gasteiger partial charge in [-0.05, 0) is 86.1 Å². The first-order chi connectivity index (χ1) is 28.8. The van der Waals surface area contributed by atoms with E-state index in [-0.39, 0.29) is 0 Å². The van der Waals surface area contributed by atoms with Gasteiger partial charge in [-0.15, -0.1) is 0 Å². The van der Waals surface area contributed by atoms with Crippen LogP contribution in [0.1, 0.15) is 0 Å². The summed E-state index contributed by atoms with van der Waals surface area (Å²) in [5, 5.41) is 6.78. The molecule has 0 N–H and O–H groups in total. The second-order valence-electron chi connectivity index (χ2n) is 14.9. The molecule has 0 aliphatic heterocycles. The Hall–Kier alpha value is -7.68. The minimum atomic E-state index is 0.871. The van der Waals surface area contributed by atoms with Crippen molar-refractivity contribution in [3.8, 4) is 44.5 Å². The summed E-state index contributed by atoms with van der Waals surface area (Å²) >= 11 is 0. The number of furan rings is 1. The summed E-state index contributed by atoms with van der Waals surface area (Å²) in [6.07, 6.45) is 0. The lowest BCUT2D eigenvalue weighted by atomic mass is 9.94. The molecule has 58 heavy (non-hydrogen) atoms. The number of para-hydroxylation sites is 1. The van der Waals surface area contributed by atoms with E-state index in [9.17, 15) is 0 Å². The van der Waals surface area contributed by atoms with E-state index in [1.54, 1.807) is 0 Å². The lowest BCUT2D eigenvalue weighted by Gasteiger charge is -2.29. The van der Waals surface area contributed by atoms with E-state index in [1.165, 1.54) is 33.0 Å². The lowest BCUT2D eigenvalue weighted by Crippen LogP contribution is -2.12. The summed E-state index contributed by atoms with van der Waals surface area (Å²) in [5.41, 5.74) is 14.4. The Morgan fingerprint density at radius 2 is 0.897 bits per heavy atom. The number of nitrogens with zero attached hydrogens (tertiary/aromatic N) is 1. The normalized spacial score (nSPS) is 11.4. The zero-order valence-electron chi connectivity index (χ0n) is 31.7. The molecule has 0 saturated carbocycles. The fourth-order valence-corrected chi connectivity index (χ4v) is 8.66. The Kier molecular flexibility index (Phi) is 8.19. The molecule has 0 saturated heterocycles. The van der Waals surface area contributed by atoms with Gasteiger partial charge in [-0.2, -0.15) is 0 Å². The van der Waals surface area contributed by atoms with Crippen molar-refractivity contribution in [2.24, 2.45) is 0 Å². The third-order valence-electron chi connectivity index (χ3n) is 11.4. The van der Waals surface area contributed by atoms with Crippen molar-refractivity contribution in [1.29, 1.82) is 0 Å². The van der Waals surface area contributed by atoms with E-state index in [4.69, 9.17) is 4.42 Å². The molecule has 0 radical (unpaired) electrons. The molecule has 1 heterocycles. The molecule has 0 amide bonds. The Labute approximate surface area is 337 Å². The zero-order chi connectivity index (χ0) is 38.4. The number of hydrogen-bond donors (Lipinski definition) is 0. The van der Waals surface area contributed by atoms with Gasteiger partial charge in [0.05, 0.1) is 11.4 Å². The van der Waals surface area contributed by atoms with Crippen LogP contribution in [0, 0.1) is 0 Å². The molecule has 0 unspecified atom stereocenters. The van der Waals surface area contributed by atoms with Gasteiger partial charge in [0.2, 0.25) is 0 Å². The lowest BCUT2D eigenvalue weighted by molar-refractivity contribution is 0.673. The van der Waals surface area contributed by atoms with E-state index < -0.39 is 0 Å². The third-order valence-corrected chi connectivity index (χ3v) is 11.4. The largest absolute Gasteiger partial charge is 0.455 e. The fourth-order valence-electron chi connectivity index (χ4n) is 8.66. The minimum Gasteiger partial charge on any atom is -0.455 e. The highest BCUT2D eigenvalue weighted by Crippen LogP contribution is 2.48. The maximum absolute atomic E-state index is 6.87. The molecular formula is C56H37NO. The molecule has 0 aliphatic carbocycles. The van der Waals surface area contributed by atoms with Crippen molar-refractivity contribution in [2.75, 3.05) is 4.90 Å². The minimum absolute atomic E-state index is 0.871. The third kappa shape index (κ3) is 5.82. The molecule has 2 nitrogen and oxygen atoms in total. The first-order valence-electron chi connectivity index (χ1n) is 19.8. The van der Waals surface area contributed by atoms with Crippen LogP contribution >= 0.6 is 0 Å². The van der Waals surface area contributed by atoms with Crippen LogP contribution in [-0.4, -0.2) is 0 Å². The van der Waals surface area contributed by atoms with E-state index in [2.05, 4.69) is 229 Å². The number of fused-ring (bicyclic) bond motifs is 6. The van der Waals surface area contributed by atoms with Gasteiger partial charge in [-0.1, -0.05) is 188 Å². The van der Waals surface area contributed by atoms with Gasteiger partial charge in [0, 0.05) is 32.8 Å². The molecule has 0 atom stereocenters. The molecule has 0 aliphatic rings. The monoisotopic (exact) mass is 739 g/mol. The Bertz CT molecular complexity index is 3270. The van der Waals surface area contributed by atoms with Crippen LogP contribution in [0.25, 0.3) is 88.0 Å². The van der Waals surface area contributed by atoms with Gasteiger partial charge < -0.3 is 9.32 Å². The van der Waals surface area contributed by atoms with Crippen LogP contribution in [0.2, 0.25) is 0 Å². The highest BCUT2D eigenvalue weighted by Gasteiger charge is 2.24. The number of hydrogen-bond acceptors (Lipinski definition) is 2. The molecular weight excluding hydrogens is 703 g/mol. The predicted molar refractivity (Wildman–Crippen MR) is 245 cm³/mol. The van der Waals surface area contributed by atoms with Crippen LogP contribution in [0.5, 0.6) is 0 Å². The van der Waals surface area contributed by atoms with Crippen molar-refractivity contribution in [3.05, 3.63) is 224 Å². The quantitative estimate of drug-likeness (QED) is 0.162. The topological polar surface area (TPSA) is 16.4 Å². The Balaban J connectivity index is 1.17. The highest BCUT2D eigenvalue weighted by atomic mass is 16.3. The smallest absolute Gasteiger partial charge is 0.143 e. The summed E-state index contributed by atoms with van der Waals surface area (Å²) < 4.78 is 6.87. The van der Waals surface area contributed by atoms with Gasteiger partial charge in [-0.25, -0.2) is 0 Å². The molecule has 0 spiro atoms. The molecule has 272 valence electrons. The van der Waals surface area contributed by atoms with Crippen LogP contribution in [0.4, 0.5) is 17.1 Å². The first-order valence-corrected chi connectivity index (χ1v) is 19.8. The number of anilines is 3. The summed E-state index contributed by atoms with van der Waals surface area (Å²) in [6, 6.07) is 80.7. The summed E-state index contributed by atoms with van der Waals surface area (Å²) in [5.74, 6) is 0. The number of rotatable bonds is 7. The van der Waals surface area contributed by atoms with E-state index in [0.717, 1.165) is 72.0 Å². The molecule has 2 heteroatoms. The summed E-state index contributed by atoms with van der Waals surface area (Å²) in [6.45, 7) is 0. The van der Waals surface area contributed by atoms with E-state index in [1.807, 2.05) is 0 Å². The van der Waals surface area contributed by atoms with Gasteiger partial charge in [0.15, 0.2) is 0 Å². The zero-order valence-corrected chi connectivity index (χ0v) is 31.7. The summed E-state index contributed by atoms with van der Waals surface area (Å²) in [4.78, 5) is 2.45. The maximum atomic E-state index is 6.87. The first kappa shape index (κ1) is 33.6. The second kappa shape index (κ2) is 14.1. The van der Waals surface area contributed by atoms with Gasteiger partial charge in [0.25, 0.3) is 0 Å². The van der Waals surface area contributed by atoms with E-state index in [0.29, 0.717) is 0 Å². The molecule has 11 aromatic rings. The van der Waals surface area contributed by atoms with Gasteiger partial charge in [0.1, 0.15) is 11.2 Å². The van der Waals surface area contributed by atoms with E-state index >= 15 is 0 Å². The molecule has 11 rings (SSSR count). The fraction of sp³-hybridized carbons (Fsp3) is 0. The second-order valence-corrected chi connectivity index (χ2v) is 14.9. The van der Waals surface area contributed by atoms with Crippen LogP contribution in [0.3, 0.4) is 0 Å². The SMILES string of the molecule is c1ccc(-c2ccc(-c3ccccc3N(c3ccc4ccccc4c3)c3cc4c(oc5cccc(-c6cccc(-c7ccccc7)c6)c54)c4ccccc34)cc2)cc1. The molecule has 1 aromatic heterocycles. The predicted octanol–water partition coefficient (Wildman–Crippen LogP) is 16.0. The highest BCUT2D eigenvalue weighted by molar-refractivity contribution is 6.23. The van der Waals surface area contributed by atoms with Crippen molar-refractivity contribution < 1.29 is 4.42 Å². The van der Waals surface area contributed by atoms with Gasteiger partial charge in [-0.3, -0.25) is 0 Å². The van der Waals surface area contributed by atoms with Gasteiger partial charge >= 0.3 is 0 Å². The van der Waals surface area contributed by atoms with Crippen molar-refractivity contribution in [3.63, 3.8) is 0 Å². The Morgan fingerprint density at radius 3 is 1.71 bits per heavy atom.